The van der Waals surface area contributed by atoms with Crippen LogP contribution < -0.4 is 10.5 Å². The number of benzene rings is 1. The lowest BCUT2D eigenvalue weighted by molar-refractivity contribution is 0.175. The van der Waals surface area contributed by atoms with Crippen molar-refractivity contribution in [1.29, 1.82) is 0 Å². The number of amidine groups is 1. The molecule has 0 amide bonds. The number of nitrogens with zero attached hydrogens (tertiary/aromatic N) is 3. The lowest BCUT2D eigenvalue weighted by Gasteiger charge is -2.32. The Kier molecular flexibility index (Phi) is 8.20. The molecule has 2 fully saturated rings. The number of hydrogen-bond acceptors (Lipinski definition) is 6. The second-order valence-electron chi connectivity index (χ2n) is 9.77. The average molecular weight is 537 g/mol. The van der Waals surface area contributed by atoms with Gasteiger partial charge in [-0.1, -0.05) is 12.5 Å². The fourth-order valence-electron chi connectivity index (χ4n) is 4.80. The molecule has 4 rings (SSSR count). The Morgan fingerprint density at radius 3 is 2.62 bits per heavy atom. The summed E-state index contributed by atoms with van der Waals surface area (Å²) in [6.45, 7) is 1.24. The highest BCUT2D eigenvalue weighted by atomic mass is 32.2. The summed E-state index contributed by atoms with van der Waals surface area (Å²) in [5, 5.41) is -1.05. The van der Waals surface area contributed by atoms with Crippen molar-refractivity contribution in [3.63, 3.8) is 0 Å². The summed E-state index contributed by atoms with van der Waals surface area (Å²) in [6.07, 6.45) is 7.65. The Labute approximate surface area is 215 Å². The summed E-state index contributed by atoms with van der Waals surface area (Å²) in [4.78, 5) is 12.5. The molecule has 0 radical (unpaired) electrons. The molecule has 2 heterocycles. The van der Waals surface area contributed by atoms with E-state index < -0.39 is 38.9 Å². The van der Waals surface area contributed by atoms with Crippen LogP contribution in [0.2, 0.25) is 0 Å². The molecular formula is C26H31F3N4O3S. The van der Waals surface area contributed by atoms with E-state index in [1.165, 1.54) is 37.9 Å². The van der Waals surface area contributed by atoms with Gasteiger partial charge >= 0.3 is 0 Å². The van der Waals surface area contributed by atoms with Gasteiger partial charge in [0.1, 0.15) is 17.1 Å². The molecule has 200 valence electrons. The van der Waals surface area contributed by atoms with Gasteiger partial charge in [0.05, 0.1) is 42.5 Å². The van der Waals surface area contributed by atoms with Crippen LogP contribution in [0.15, 0.2) is 35.6 Å². The van der Waals surface area contributed by atoms with E-state index in [2.05, 4.69) is 15.0 Å². The molecule has 2 atom stereocenters. The van der Waals surface area contributed by atoms with Crippen LogP contribution in [-0.2, 0) is 15.4 Å². The zero-order valence-electron chi connectivity index (χ0n) is 20.7. The molecule has 1 aromatic heterocycles. The molecule has 1 aliphatic heterocycles. The van der Waals surface area contributed by atoms with Gasteiger partial charge in [0.2, 0.25) is 5.88 Å². The fraction of sp³-hybridized carbons (Fsp3) is 0.500. The summed E-state index contributed by atoms with van der Waals surface area (Å²) in [6, 6.07) is 3.83. The molecule has 2 aromatic rings. The first kappa shape index (κ1) is 27.1. The van der Waals surface area contributed by atoms with Crippen LogP contribution in [0.4, 0.5) is 13.2 Å². The van der Waals surface area contributed by atoms with E-state index in [0.29, 0.717) is 24.8 Å². The first-order chi connectivity index (χ1) is 17.6. The molecule has 2 aliphatic rings. The second-order valence-corrected chi connectivity index (χ2v) is 12.1. The number of alkyl halides is 1. The maximum atomic E-state index is 15.1. The number of rotatable bonds is 10. The van der Waals surface area contributed by atoms with Crippen LogP contribution in [0.1, 0.15) is 62.3 Å². The fourth-order valence-corrected chi connectivity index (χ4v) is 7.05. The molecule has 1 aromatic carbocycles. The number of nitrogens with two attached hydrogens (primary N) is 1. The molecule has 7 nitrogen and oxygen atoms in total. The van der Waals surface area contributed by atoms with Crippen LogP contribution in [0.25, 0.3) is 11.9 Å². The SMILES string of the molecule is CC(N=C(N)CCF)(c1cc(/C=C(\F)c2cnc(OCC3CCC3)cn2)ccc1F)[C@@H]1CCCS1(=O)=O. The molecule has 1 unspecified atom stereocenters. The predicted molar refractivity (Wildman–Crippen MR) is 137 cm³/mol. The number of hydrogen-bond donors (Lipinski definition) is 1. The second kappa shape index (κ2) is 11.2. The highest BCUT2D eigenvalue weighted by Gasteiger charge is 2.48. The minimum atomic E-state index is -3.60. The molecular weight excluding hydrogens is 505 g/mol. The van der Waals surface area contributed by atoms with Gasteiger partial charge in [0, 0.05) is 12.0 Å². The van der Waals surface area contributed by atoms with Crippen molar-refractivity contribution in [1.82, 2.24) is 9.97 Å². The van der Waals surface area contributed by atoms with E-state index in [1.807, 2.05) is 0 Å². The van der Waals surface area contributed by atoms with Gasteiger partial charge in [-0.25, -0.2) is 27.2 Å². The molecule has 37 heavy (non-hydrogen) atoms. The first-order valence-electron chi connectivity index (χ1n) is 12.4. The van der Waals surface area contributed by atoms with Gasteiger partial charge in [-0.3, -0.25) is 9.38 Å². The van der Waals surface area contributed by atoms with Gasteiger partial charge in [0.15, 0.2) is 15.7 Å². The standard InChI is InChI=1S/C26H31F3N4O3S/c1-26(33-24(30)9-10-27,23-6-3-11-37(23,34)35)19-12-18(7-8-20(19)28)13-21(29)22-14-32-25(15-31-22)36-16-17-4-2-5-17/h7-8,12-15,17,23H,2-6,9-11,16H2,1H3,(H2,30,33)/b21-13-/t23-,26?/m0/s1. The third-order valence-electron chi connectivity index (χ3n) is 7.08. The lowest BCUT2D eigenvalue weighted by Crippen LogP contribution is -2.41. The zero-order valence-corrected chi connectivity index (χ0v) is 21.5. The Hall–Kier alpha value is -2.95. The van der Waals surface area contributed by atoms with Crippen LogP contribution >= 0.6 is 0 Å². The van der Waals surface area contributed by atoms with Gasteiger partial charge in [0.25, 0.3) is 0 Å². The lowest BCUT2D eigenvalue weighted by atomic mass is 9.85. The normalized spacial score (nSPS) is 21.9. The Morgan fingerprint density at radius 2 is 2.03 bits per heavy atom. The van der Waals surface area contributed by atoms with E-state index in [-0.39, 0.29) is 41.3 Å². The third-order valence-corrected chi connectivity index (χ3v) is 9.50. The van der Waals surface area contributed by atoms with Crippen LogP contribution in [-0.4, -0.2) is 48.5 Å². The number of aliphatic imine (C=N–C) groups is 1. The van der Waals surface area contributed by atoms with Crippen LogP contribution in [0, 0.1) is 11.7 Å². The summed E-state index contributed by atoms with van der Waals surface area (Å²) >= 11 is 0. The maximum absolute atomic E-state index is 15.1. The minimum Gasteiger partial charge on any atom is -0.476 e. The van der Waals surface area contributed by atoms with E-state index in [0.717, 1.165) is 25.0 Å². The summed E-state index contributed by atoms with van der Waals surface area (Å²) in [5.41, 5.74) is 4.43. The molecule has 0 bridgehead atoms. The number of halogens is 3. The monoisotopic (exact) mass is 536 g/mol. The smallest absolute Gasteiger partial charge is 0.232 e. The summed E-state index contributed by atoms with van der Waals surface area (Å²) in [5.74, 6) is -0.774. The van der Waals surface area contributed by atoms with Crippen LogP contribution in [0.5, 0.6) is 5.88 Å². The molecule has 1 saturated heterocycles. The molecule has 2 N–H and O–H groups in total. The van der Waals surface area contributed by atoms with Crippen LogP contribution in [0.3, 0.4) is 0 Å². The molecule has 11 heteroatoms. The Morgan fingerprint density at radius 1 is 1.24 bits per heavy atom. The quantitative estimate of drug-likeness (QED) is 0.346. The topological polar surface area (TPSA) is 108 Å². The van der Waals surface area contributed by atoms with Gasteiger partial charge in [-0.05, 0) is 62.3 Å². The zero-order chi connectivity index (χ0) is 26.6. The van der Waals surface area contributed by atoms with Gasteiger partial charge < -0.3 is 10.5 Å². The minimum absolute atomic E-state index is 0.0341. The van der Waals surface area contributed by atoms with Crippen molar-refractivity contribution in [2.24, 2.45) is 16.6 Å². The third kappa shape index (κ3) is 6.14. The molecule has 1 aliphatic carbocycles. The highest BCUT2D eigenvalue weighted by molar-refractivity contribution is 7.92. The Balaban J connectivity index is 1.64. The first-order valence-corrected chi connectivity index (χ1v) is 14.1. The maximum Gasteiger partial charge on any atom is 0.232 e. The number of aromatic nitrogens is 2. The van der Waals surface area contributed by atoms with Crippen molar-refractivity contribution in [2.75, 3.05) is 19.0 Å². The van der Waals surface area contributed by atoms with Crippen molar-refractivity contribution >= 4 is 27.6 Å². The van der Waals surface area contributed by atoms with Gasteiger partial charge in [-0.15, -0.1) is 0 Å². The molecule has 1 saturated carbocycles. The van der Waals surface area contributed by atoms with E-state index in [1.54, 1.807) is 0 Å². The van der Waals surface area contributed by atoms with Gasteiger partial charge in [-0.2, -0.15) is 0 Å². The van der Waals surface area contributed by atoms with Crippen molar-refractivity contribution < 1.29 is 26.3 Å². The molecule has 0 spiro atoms. The van der Waals surface area contributed by atoms with Crippen molar-refractivity contribution in [2.45, 2.75) is 56.2 Å². The number of sulfone groups is 1. The summed E-state index contributed by atoms with van der Waals surface area (Å²) in [7, 11) is -3.60. The van der Waals surface area contributed by atoms with E-state index in [4.69, 9.17) is 10.5 Å². The van der Waals surface area contributed by atoms with Crippen molar-refractivity contribution in [3.8, 4) is 5.88 Å². The number of ether oxygens (including phenoxy) is 1. The predicted octanol–water partition coefficient (Wildman–Crippen LogP) is 4.77. The van der Waals surface area contributed by atoms with E-state index in [9.17, 15) is 12.8 Å². The van der Waals surface area contributed by atoms with E-state index >= 15 is 8.78 Å². The van der Waals surface area contributed by atoms with Crippen molar-refractivity contribution in [3.05, 3.63) is 53.2 Å². The average Bonchev–Trinajstić information content (AvgIpc) is 3.19. The highest BCUT2D eigenvalue weighted by Crippen LogP contribution is 2.41. The summed E-state index contributed by atoms with van der Waals surface area (Å²) < 4.78 is 74.3. The largest absolute Gasteiger partial charge is 0.476 e. The Bertz CT molecular complexity index is 1280.